The van der Waals surface area contributed by atoms with Gasteiger partial charge in [-0.3, -0.25) is 15.6 Å². The van der Waals surface area contributed by atoms with Crippen molar-refractivity contribution in [1.29, 1.82) is 0 Å². The Hall–Kier alpha value is -1.55. The molecule has 2 rings (SSSR count). The number of rotatable bonds is 7. The molecule has 1 aliphatic heterocycles. The molecule has 1 aromatic carbocycles. The molecule has 0 aromatic heterocycles. The van der Waals surface area contributed by atoms with Crippen LogP contribution in [0.2, 0.25) is 0 Å². The van der Waals surface area contributed by atoms with Gasteiger partial charge in [0.25, 0.3) is 0 Å². The van der Waals surface area contributed by atoms with Crippen molar-refractivity contribution in [3.05, 3.63) is 35.6 Å². The van der Waals surface area contributed by atoms with E-state index in [4.69, 9.17) is 0 Å². The standard InChI is InChI=1S/C16H25FN4O3S/c1-4-21(25(23,24)16-11(2)19-20-12(16)3)10-15(22)18-9-13-5-7-14(17)8-6-13/h5-8,11-12,16,19-20H,4,9-10H2,1-3H3,(H,18,22). The summed E-state index contributed by atoms with van der Waals surface area (Å²) in [5.41, 5.74) is 6.59. The fourth-order valence-corrected chi connectivity index (χ4v) is 5.12. The first-order valence-electron chi connectivity index (χ1n) is 8.27. The Labute approximate surface area is 148 Å². The lowest BCUT2D eigenvalue weighted by Gasteiger charge is -2.27. The summed E-state index contributed by atoms with van der Waals surface area (Å²) in [6.45, 7) is 5.48. The molecule has 25 heavy (non-hydrogen) atoms. The minimum atomic E-state index is -3.63. The maximum absolute atomic E-state index is 12.9. The molecule has 0 spiro atoms. The van der Waals surface area contributed by atoms with Gasteiger partial charge in [0.15, 0.2) is 0 Å². The molecule has 3 N–H and O–H groups in total. The van der Waals surface area contributed by atoms with Crippen LogP contribution in [-0.4, -0.2) is 49.1 Å². The second-order valence-corrected chi connectivity index (χ2v) is 8.30. The number of nitrogens with zero attached hydrogens (tertiary/aromatic N) is 1. The van der Waals surface area contributed by atoms with Gasteiger partial charge in [0, 0.05) is 25.2 Å². The van der Waals surface area contributed by atoms with Crippen LogP contribution < -0.4 is 16.2 Å². The lowest BCUT2D eigenvalue weighted by atomic mass is 10.2. The third kappa shape index (κ3) is 4.75. The molecule has 140 valence electrons. The van der Waals surface area contributed by atoms with Crippen LogP contribution in [0.4, 0.5) is 4.39 Å². The van der Waals surface area contributed by atoms with Crippen LogP contribution in [0.3, 0.4) is 0 Å². The summed E-state index contributed by atoms with van der Waals surface area (Å²) < 4.78 is 39.8. The van der Waals surface area contributed by atoms with Crippen LogP contribution in [0.5, 0.6) is 0 Å². The first kappa shape index (κ1) is 19.8. The van der Waals surface area contributed by atoms with Gasteiger partial charge in [-0.2, -0.15) is 4.31 Å². The van der Waals surface area contributed by atoms with Crippen molar-refractivity contribution in [3.63, 3.8) is 0 Å². The molecular formula is C16H25FN4O3S. The lowest BCUT2D eigenvalue weighted by Crippen LogP contribution is -2.49. The Bertz CT molecular complexity index is 686. The van der Waals surface area contributed by atoms with Gasteiger partial charge >= 0.3 is 0 Å². The van der Waals surface area contributed by atoms with Crippen LogP contribution in [0.15, 0.2) is 24.3 Å². The van der Waals surface area contributed by atoms with Crippen molar-refractivity contribution >= 4 is 15.9 Å². The molecule has 0 radical (unpaired) electrons. The van der Waals surface area contributed by atoms with E-state index in [1.807, 2.05) is 0 Å². The second-order valence-electron chi connectivity index (χ2n) is 6.20. The van der Waals surface area contributed by atoms with Crippen molar-refractivity contribution in [1.82, 2.24) is 20.5 Å². The zero-order chi connectivity index (χ0) is 18.6. The highest BCUT2D eigenvalue weighted by Gasteiger charge is 2.43. The molecule has 0 saturated carbocycles. The topological polar surface area (TPSA) is 90.5 Å². The predicted molar refractivity (Wildman–Crippen MR) is 93.4 cm³/mol. The number of carbonyl (C=O) groups excluding carboxylic acids is 1. The van der Waals surface area contributed by atoms with E-state index in [0.29, 0.717) is 0 Å². The number of likely N-dealkylation sites (N-methyl/N-ethyl adjacent to an activating group) is 1. The molecule has 0 bridgehead atoms. The minimum absolute atomic E-state index is 0.211. The van der Waals surface area contributed by atoms with Crippen LogP contribution in [0.25, 0.3) is 0 Å². The second kappa shape index (κ2) is 8.22. The highest BCUT2D eigenvalue weighted by atomic mass is 32.2. The molecule has 2 atom stereocenters. The summed E-state index contributed by atoms with van der Waals surface area (Å²) >= 11 is 0. The van der Waals surface area contributed by atoms with Crippen molar-refractivity contribution in [2.24, 2.45) is 0 Å². The fourth-order valence-electron chi connectivity index (χ4n) is 2.95. The zero-order valence-electron chi connectivity index (χ0n) is 14.6. The highest BCUT2D eigenvalue weighted by Crippen LogP contribution is 2.19. The number of halogens is 1. The van der Waals surface area contributed by atoms with E-state index in [1.165, 1.54) is 16.4 Å². The van der Waals surface area contributed by atoms with E-state index in [9.17, 15) is 17.6 Å². The molecule has 1 fully saturated rings. The Balaban J connectivity index is 1.98. The van der Waals surface area contributed by atoms with Gasteiger partial charge in [-0.05, 0) is 31.5 Å². The van der Waals surface area contributed by atoms with E-state index < -0.39 is 21.2 Å². The van der Waals surface area contributed by atoms with Gasteiger partial charge in [-0.25, -0.2) is 12.8 Å². The molecule has 7 nitrogen and oxygen atoms in total. The van der Waals surface area contributed by atoms with Gasteiger partial charge in [-0.1, -0.05) is 19.1 Å². The van der Waals surface area contributed by atoms with Gasteiger partial charge in [0.1, 0.15) is 11.1 Å². The van der Waals surface area contributed by atoms with Crippen LogP contribution in [0, 0.1) is 5.82 Å². The number of carbonyl (C=O) groups is 1. The summed E-state index contributed by atoms with van der Waals surface area (Å²) in [5, 5.41) is 2.03. The van der Waals surface area contributed by atoms with Crippen molar-refractivity contribution in [2.45, 2.75) is 44.6 Å². The smallest absolute Gasteiger partial charge is 0.235 e. The first-order valence-corrected chi connectivity index (χ1v) is 9.77. The maximum atomic E-state index is 12.9. The van der Waals surface area contributed by atoms with Gasteiger partial charge < -0.3 is 5.32 Å². The van der Waals surface area contributed by atoms with E-state index >= 15 is 0 Å². The van der Waals surface area contributed by atoms with Gasteiger partial charge in [0.2, 0.25) is 15.9 Å². The van der Waals surface area contributed by atoms with Crippen LogP contribution in [-0.2, 0) is 21.4 Å². The van der Waals surface area contributed by atoms with Crippen molar-refractivity contribution in [3.8, 4) is 0 Å². The quantitative estimate of drug-likeness (QED) is 0.642. The molecule has 1 amide bonds. The summed E-state index contributed by atoms with van der Waals surface area (Å²) in [6.07, 6.45) is 0. The predicted octanol–water partition coefficient (Wildman–Crippen LogP) is 0.347. The molecule has 1 aliphatic rings. The summed E-state index contributed by atoms with van der Waals surface area (Å²) in [4.78, 5) is 12.2. The highest BCUT2D eigenvalue weighted by molar-refractivity contribution is 7.89. The molecule has 1 aromatic rings. The average molecular weight is 372 g/mol. The third-order valence-electron chi connectivity index (χ3n) is 4.30. The van der Waals surface area contributed by atoms with Crippen LogP contribution in [0.1, 0.15) is 26.3 Å². The van der Waals surface area contributed by atoms with Crippen molar-refractivity contribution in [2.75, 3.05) is 13.1 Å². The Kier molecular flexibility index (Phi) is 6.50. The number of amides is 1. The fraction of sp³-hybridized carbons (Fsp3) is 0.562. The van der Waals surface area contributed by atoms with E-state index in [0.717, 1.165) is 5.56 Å². The number of hydrogen-bond acceptors (Lipinski definition) is 5. The van der Waals surface area contributed by atoms with Gasteiger partial charge in [-0.15, -0.1) is 0 Å². The Morgan fingerprint density at radius 2 is 1.76 bits per heavy atom. The molecular weight excluding hydrogens is 347 g/mol. The average Bonchev–Trinajstić information content (AvgIpc) is 2.91. The Morgan fingerprint density at radius 3 is 2.28 bits per heavy atom. The Morgan fingerprint density at radius 1 is 1.20 bits per heavy atom. The molecule has 1 heterocycles. The van der Waals surface area contributed by atoms with Gasteiger partial charge in [0.05, 0.1) is 6.54 Å². The summed E-state index contributed by atoms with van der Waals surface area (Å²) in [7, 11) is -3.63. The number of benzene rings is 1. The number of nitrogens with one attached hydrogen (secondary N) is 3. The minimum Gasteiger partial charge on any atom is -0.351 e. The number of hydrogen-bond donors (Lipinski definition) is 3. The van der Waals surface area contributed by atoms with E-state index in [2.05, 4.69) is 16.2 Å². The number of hydrazine groups is 1. The first-order chi connectivity index (χ1) is 11.8. The molecule has 1 saturated heterocycles. The van der Waals surface area contributed by atoms with E-state index in [1.54, 1.807) is 32.9 Å². The summed E-state index contributed by atoms with van der Waals surface area (Å²) in [5.74, 6) is -0.741. The van der Waals surface area contributed by atoms with Crippen molar-refractivity contribution < 1.29 is 17.6 Å². The molecule has 9 heteroatoms. The molecule has 2 unspecified atom stereocenters. The monoisotopic (exact) mass is 372 g/mol. The number of sulfonamides is 1. The zero-order valence-corrected chi connectivity index (χ0v) is 15.4. The van der Waals surface area contributed by atoms with Crippen LogP contribution >= 0.6 is 0 Å². The van der Waals surface area contributed by atoms with E-state index in [-0.39, 0.29) is 37.5 Å². The lowest BCUT2D eigenvalue weighted by molar-refractivity contribution is -0.121. The SMILES string of the molecule is CCN(CC(=O)NCc1ccc(F)cc1)S(=O)(=O)C1C(C)NNC1C. The maximum Gasteiger partial charge on any atom is 0.235 e. The summed E-state index contributed by atoms with van der Waals surface area (Å²) in [6, 6.07) is 5.26. The third-order valence-corrected chi connectivity index (χ3v) is 6.92. The molecule has 0 aliphatic carbocycles. The normalized spacial score (nSPS) is 23.8. The largest absolute Gasteiger partial charge is 0.351 e.